The molecule has 176 valence electrons. The third-order valence-corrected chi connectivity index (χ3v) is 7.00. The van der Waals surface area contributed by atoms with E-state index in [1.54, 1.807) is 0 Å². The molecule has 2 heterocycles. The smallest absolute Gasteiger partial charge is 0.225 e. The Labute approximate surface area is 201 Å². The molecule has 0 bridgehead atoms. The second-order valence-electron chi connectivity index (χ2n) is 9.65. The first-order valence-corrected chi connectivity index (χ1v) is 12.3. The van der Waals surface area contributed by atoms with Gasteiger partial charge in [-0.05, 0) is 74.4 Å². The summed E-state index contributed by atoms with van der Waals surface area (Å²) in [5.74, 6) is 1.70. The number of hydrogen-bond acceptors (Lipinski definition) is 4. The maximum atomic E-state index is 13.3. The van der Waals surface area contributed by atoms with Gasteiger partial charge in [-0.1, -0.05) is 30.3 Å². The monoisotopic (exact) mass is 456 g/mol. The summed E-state index contributed by atoms with van der Waals surface area (Å²) in [5.41, 5.74) is 6.24. The van der Waals surface area contributed by atoms with Crippen LogP contribution in [0.25, 0.3) is 0 Å². The highest BCUT2D eigenvalue weighted by Gasteiger charge is 2.26. The lowest BCUT2D eigenvalue weighted by Gasteiger charge is -2.32. The summed E-state index contributed by atoms with van der Waals surface area (Å²) < 4.78 is 6.03. The van der Waals surface area contributed by atoms with Crippen LogP contribution in [-0.4, -0.2) is 24.8 Å². The van der Waals surface area contributed by atoms with Gasteiger partial charge in [0, 0.05) is 36.3 Å². The number of furan rings is 1. The van der Waals surface area contributed by atoms with Gasteiger partial charge >= 0.3 is 0 Å². The van der Waals surface area contributed by atoms with Crippen LogP contribution in [0, 0.1) is 13.8 Å². The number of carbonyl (C=O) groups excluding carboxylic acids is 2. The fourth-order valence-electron chi connectivity index (χ4n) is 5.23. The Morgan fingerprint density at radius 1 is 1.00 bits per heavy atom. The summed E-state index contributed by atoms with van der Waals surface area (Å²) in [5, 5.41) is 3.26. The number of rotatable bonds is 6. The molecule has 1 unspecified atom stereocenters. The van der Waals surface area contributed by atoms with Crippen LogP contribution in [0.3, 0.4) is 0 Å². The van der Waals surface area contributed by atoms with E-state index in [1.807, 2.05) is 37.3 Å². The van der Waals surface area contributed by atoms with Gasteiger partial charge in [-0.3, -0.25) is 9.59 Å². The van der Waals surface area contributed by atoms with E-state index < -0.39 is 0 Å². The maximum absolute atomic E-state index is 13.3. The Morgan fingerprint density at radius 2 is 1.82 bits per heavy atom. The molecule has 2 aromatic carbocycles. The number of piperidine rings is 1. The van der Waals surface area contributed by atoms with Crippen LogP contribution in [-0.2, 0) is 17.6 Å². The minimum Gasteiger partial charge on any atom is -0.464 e. The number of Topliss-reactive ketones (excluding diaryl/α,β-unsaturated/α-hetero) is 1. The van der Waals surface area contributed by atoms with E-state index in [9.17, 15) is 9.59 Å². The largest absolute Gasteiger partial charge is 0.464 e. The molecule has 1 aliphatic carbocycles. The Balaban J connectivity index is 1.44. The lowest BCUT2D eigenvalue weighted by atomic mass is 9.97. The summed E-state index contributed by atoms with van der Waals surface area (Å²) in [6.45, 7) is 6.10. The van der Waals surface area contributed by atoms with Crippen LogP contribution >= 0.6 is 0 Å². The number of amides is 1. The maximum Gasteiger partial charge on any atom is 0.225 e. The topological polar surface area (TPSA) is 62.6 Å². The molecular weight excluding hydrogens is 424 g/mol. The van der Waals surface area contributed by atoms with Crippen molar-refractivity contribution in [2.24, 2.45) is 0 Å². The summed E-state index contributed by atoms with van der Waals surface area (Å²) >= 11 is 0. The van der Waals surface area contributed by atoms with Gasteiger partial charge in [0.1, 0.15) is 17.6 Å². The van der Waals surface area contributed by atoms with E-state index in [0.29, 0.717) is 6.42 Å². The van der Waals surface area contributed by atoms with Gasteiger partial charge in [0.2, 0.25) is 5.91 Å². The van der Waals surface area contributed by atoms with Gasteiger partial charge < -0.3 is 14.6 Å². The lowest BCUT2D eigenvalue weighted by molar-refractivity contribution is -0.121. The second kappa shape index (κ2) is 9.49. The van der Waals surface area contributed by atoms with Crippen molar-refractivity contribution in [3.8, 4) is 0 Å². The number of fused-ring (bicyclic) bond motifs is 1. The van der Waals surface area contributed by atoms with E-state index >= 15 is 0 Å². The standard InChI is InChI=1S/C29H32N2O3/c1-19-6-10-24(25(16-19)31-14-4-3-5-15-31)29(27-13-7-20(2)34-27)30-28(33)18-21-8-11-23-22(17-21)9-12-26(23)32/h6-8,10-11,13,16-17,29H,3-5,9,12,14-15,18H2,1-2H3,(H,30,33). The number of anilines is 1. The molecule has 3 aromatic rings. The predicted molar refractivity (Wildman–Crippen MR) is 133 cm³/mol. The highest BCUT2D eigenvalue weighted by atomic mass is 16.3. The first-order chi connectivity index (χ1) is 16.5. The van der Waals surface area contributed by atoms with Crippen molar-refractivity contribution in [2.75, 3.05) is 18.0 Å². The molecule has 1 saturated heterocycles. The minimum atomic E-state index is -0.366. The van der Waals surface area contributed by atoms with Crippen molar-refractivity contribution in [3.05, 3.63) is 87.9 Å². The number of nitrogens with one attached hydrogen (secondary N) is 1. The van der Waals surface area contributed by atoms with Crippen molar-refractivity contribution >= 4 is 17.4 Å². The third-order valence-electron chi connectivity index (χ3n) is 7.00. The molecule has 1 atom stereocenters. The lowest BCUT2D eigenvalue weighted by Crippen LogP contribution is -2.34. The van der Waals surface area contributed by atoms with Crippen molar-refractivity contribution in [2.45, 2.75) is 58.4 Å². The summed E-state index contributed by atoms with van der Waals surface area (Å²) in [4.78, 5) is 27.7. The molecule has 0 radical (unpaired) electrons. The first kappa shape index (κ1) is 22.5. The van der Waals surface area contributed by atoms with E-state index in [2.05, 4.69) is 35.3 Å². The molecule has 1 N–H and O–H groups in total. The molecule has 1 fully saturated rings. The summed E-state index contributed by atoms with van der Waals surface area (Å²) in [6, 6.07) is 15.8. The molecule has 5 heteroatoms. The molecule has 1 aromatic heterocycles. The van der Waals surface area contributed by atoms with Crippen LogP contribution in [0.15, 0.2) is 52.9 Å². The van der Waals surface area contributed by atoms with Gasteiger partial charge in [-0.15, -0.1) is 0 Å². The molecule has 0 saturated carbocycles. The Morgan fingerprint density at radius 3 is 2.59 bits per heavy atom. The average Bonchev–Trinajstić information content (AvgIpc) is 3.43. The van der Waals surface area contributed by atoms with Gasteiger partial charge in [0.05, 0.1) is 6.42 Å². The number of ketones is 1. The molecule has 0 spiro atoms. The van der Waals surface area contributed by atoms with Gasteiger partial charge in [-0.25, -0.2) is 0 Å². The van der Waals surface area contributed by atoms with Crippen molar-refractivity contribution in [1.82, 2.24) is 5.32 Å². The van der Waals surface area contributed by atoms with Crippen molar-refractivity contribution in [3.63, 3.8) is 0 Å². The average molecular weight is 457 g/mol. The number of carbonyl (C=O) groups is 2. The van der Waals surface area contributed by atoms with Gasteiger partial charge in [-0.2, -0.15) is 0 Å². The fraction of sp³-hybridized carbons (Fsp3) is 0.379. The van der Waals surface area contributed by atoms with Crippen LogP contribution < -0.4 is 10.2 Å². The molecule has 34 heavy (non-hydrogen) atoms. The van der Waals surface area contributed by atoms with Crippen LogP contribution in [0.2, 0.25) is 0 Å². The molecule has 1 aliphatic heterocycles. The highest BCUT2D eigenvalue weighted by molar-refractivity contribution is 6.00. The number of nitrogens with zero attached hydrogens (tertiary/aromatic N) is 1. The highest BCUT2D eigenvalue weighted by Crippen LogP contribution is 2.34. The molecule has 5 nitrogen and oxygen atoms in total. The number of benzene rings is 2. The summed E-state index contributed by atoms with van der Waals surface area (Å²) in [6.07, 6.45) is 5.23. The van der Waals surface area contributed by atoms with Crippen molar-refractivity contribution < 1.29 is 14.0 Å². The van der Waals surface area contributed by atoms with E-state index in [1.165, 1.54) is 30.5 Å². The normalized spacial score (nSPS) is 16.4. The van der Waals surface area contributed by atoms with E-state index in [0.717, 1.165) is 53.3 Å². The zero-order chi connectivity index (χ0) is 23.7. The van der Waals surface area contributed by atoms with E-state index in [4.69, 9.17) is 4.42 Å². The van der Waals surface area contributed by atoms with Crippen LogP contribution in [0.4, 0.5) is 5.69 Å². The zero-order valence-corrected chi connectivity index (χ0v) is 20.0. The number of hydrogen-bond donors (Lipinski definition) is 1. The molecular formula is C29H32N2O3. The van der Waals surface area contributed by atoms with Gasteiger partial charge in [0.15, 0.2) is 5.78 Å². The summed E-state index contributed by atoms with van der Waals surface area (Å²) in [7, 11) is 0. The van der Waals surface area contributed by atoms with Gasteiger partial charge in [0.25, 0.3) is 0 Å². The van der Waals surface area contributed by atoms with Crippen LogP contribution in [0.5, 0.6) is 0 Å². The van der Waals surface area contributed by atoms with Crippen molar-refractivity contribution in [1.29, 1.82) is 0 Å². The molecule has 5 rings (SSSR count). The zero-order valence-electron chi connectivity index (χ0n) is 20.0. The van der Waals surface area contributed by atoms with E-state index in [-0.39, 0.29) is 24.2 Å². The Hall–Kier alpha value is -3.34. The quantitative estimate of drug-likeness (QED) is 0.535. The third kappa shape index (κ3) is 4.65. The molecule has 2 aliphatic rings. The minimum absolute atomic E-state index is 0.0616. The number of aryl methyl sites for hydroxylation is 3. The Bertz CT molecular complexity index is 1220. The Kier molecular flexibility index (Phi) is 6.27. The SMILES string of the molecule is Cc1ccc(C(NC(=O)Cc2ccc3c(c2)CCC3=O)c2ccc(C)o2)c(N2CCCCC2)c1. The fourth-order valence-corrected chi connectivity index (χ4v) is 5.23. The second-order valence-corrected chi connectivity index (χ2v) is 9.65. The van der Waals surface area contributed by atoms with Crippen LogP contribution in [0.1, 0.15) is 75.9 Å². The molecule has 1 amide bonds. The first-order valence-electron chi connectivity index (χ1n) is 12.3. The predicted octanol–water partition coefficient (Wildman–Crippen LogP) is 5.46.